The van der Waals surface area contributed by atoms with Crippen LogP contribution in [-0.4, -0.2) is 26.3 Å². The molecule has 4 aromatic rings. The summed E-state index contributed by atoms with van der Waals surface area (Å²) in [7, 11) is 1.85. The number of para-hydroxylation sites is 1. The van der Waals surface area contributed by atoms with Gasteiger partial charge < -0.3 is 9.30 Å². The van der Waals surface area contributed by atoms with Gasteiger partial charge >= 0.3 is 0 Å². The van der Waals surface area contributed by atoms with E-state index in [2.05, 4.69) is 0 Å². The average Bonchev–Trinajstić information content (AvgIpc) is 3.20. The van der Waals surface area contributed by atoms with E-state index in [9.17, 15) is 9.59 Å². The van der Waals surface area contributed by atoms with Crippen molar-refractivity contribution >= 4 is 29.0 Å². The van der Waals surface area contributed by atoms with E-state index in [1.165, 1.54) is 0 Å². The van der Waals surface area contributed by atoms with Crippen molar-refractivity contribution in [2.24, 2.45) is 7.05 Å². The summed E-state index contributed by atoms with van der Waals surface area (Å²) in [4.78, 5) is 26.4. The summed E-state index contributed by atoms with van der Waals surface area (Å²) < 4.78 is 10.9. The molecule has 0 amide bonds. The minimum absolute atomic E-state index is 0.158. The lowest BCUT2D eigenvalue weighted by Gasteiger charge is -2.09. The first-order chi connectivity index (χ1) is 15.7. The van der Waals surface area contributed by atoms with Gasteiger partial charge in [-0.15, -0.1) is 0 Å². The molecule has 6 nitrogen and oxygen atoms in total. The predicted molar refractivity (Wildman–Crippen MR) is 131 cm³/mol. The lowest BCUT2D eigenvalue weighted by atomic mass is 10.1. The standard InChI is InChI=1S/C25H23Cl2N3O3/c1-15-12-20(23(31)14-33-19-10-11-21(26)22(27)13-19)16(2)29(15)24-17(3)28(4)30(25(24)32)18-8-6-5-7-9-18/h5-13H,14H2,1-4H3. The molecule has 0 bridgehead atoms. The quantitative estimate of drug-likeness (QED) is 0.342. The van der Waals surface area contributed by atoms with Crippen molar-refractivity contribution in [3.05, 3.63) is 97.6 Å². The molecule has 0 aliphatic rings. The molecule has 8 heteroatoms. The zero-order valence-corrected chi connectivity index (χ0v) is 20.2. The van der Waals surface area contributed by atoms with Crippen molar-refractivity contribution in [1.29, 1.82) is 0 Å². The van der Waals surface area contributed by atoms with Crippen LogP contribution in [0.2, 0.25) is 10.0 Å². The molecule has 0 spiro atoms. The summed E-state index contributed by atoms with van der Waals surface area (Å²) in [6.07, 6.45) is 0. The lowest BCUT2D eigenvalue weighted by Crippen LogP contribution is -2.22. The SMILES string of the molecule is Cc1cc(C(=O)COc2ccc(Cl)c(Cl)c2)c(C)n1-c1c(C)n(C)n(-c2ccccc2)c1=O. The fraction of sp³-hybridized carbons (Fsp3) is 0.200. The van der Waals surface area contributed by atoms with Gasteiger partial charge in [-0.05, 0) is 51.1 Å². The number of hydrogen-bond donors (Lipinski definition) is 0. The predicted octanol–water partition coefficient (Wildman–Crippen LogP) is 5.46. The Labute approximate surface area is 201 Å². The average molecular weight is 484 g/mol. The van der Waals surface area contributed by atoms with Crippen LogP contribution in [0.25, 0.3) is 11.4 Å². The molecular formula is C25H23Cl2N3O3. The molecule has 170 valence electrons. The van der Waals surface area contributed by atoms with E-state index >= 15 is 0 Å². The Kier molecular flexibility index (Phi) is 6.23. The Morgan fingerprint density at radius 2 is 1.64 bits per heavy atom. The van der Waals surface area contributed by atoms with Crippen LogP contribution in [0.15, 0.2) is 59.4 Å². The van der Waals surface area contributed by atoms with Crippen LogP contribution in [0, 0.1) is 20.8 Å². The highest BCUT2D eigenvalue weighted by Gasteiger charge is 2.23. The molecular weight excluding hydrogens is 461 g/mol. The number of carbonyl (C=O) groups is 1. The first kappa shape index (κ1) is 23.0. The molecule has 0 saturated carbocycles. The molecule has 33 heavy (non-hydrogen) atoms. The topological polar surface area (TPSA) is 58.2 Å². The van der Waals surface area contributed by atoms with Crippen LogP contribution in [0.3, 0.4) is 0 Å². The summed E-state index contributed by atoms with van der Waals surface area (Å²) in [5, 5.41) is 0.771. The summed E-state index contributed by atoms with van der Waals surface area (Å²) in [5.41, 5.74) is 3.89. The van der Waals surface area contributed by atoms with E-state index < -0.39 is 0 Å². The van der Waals surface area contributed by atoms with Gasteiger partial charge in [-0.25, -0.2) is 4.68 Å². The van der Waals surface area contributed by atoms with E-state index in [-0.39, 0.29) is 17.9 Å². The number of aromatic nitrogens is 3. The van der Waals surface area contributed by atoms with E-state index in [1.54, 1.807) is 28.9 Å². The molecule has 0 saturated heterocycles. The number of carbonyl (C=O) groups excluding carboxylic acids is 1. The van der Waals surface area contributed by atoms with Crippen LogP contribution in [-0.2, 0) is 7.05 Å². The van der Waals surface area contributed by atoms with Crippen molar-refractivity contribution in [3.8, 4) is 17.1 Å². The number of aryl methyl sites for hydroxylation is 1. The van der Waals surface area contributed by atoms with Gasteiger partial charge in [0.05, 0.1) is 21.4 Å². The van der Waals surface area contributed by atoms with E-state index in [0.29, 0.717) is 32.7 Å². The molecule has 0 aliphatic heterocycles. The third-order valence-electron chi connectivity index (χ3n) is 5.74. The first-order valence-corrected chi connectivity index (χ1v) is 11.1. The maximum atomic E-state index is 13.5. The first-order valence-electron chi connectivity index (χ1n) is 10.3. The molecule has 2 heterocycles. The summed E-state index contributed by atoms with van der Waals surface area (Å²) >= 11 is 11.9. The minimum Gasteiger partial charge on any atom is -0.485 e. The number of hydrogen-bond acceptors (Lipinski definition) is 3. The molecule has 0 N–H and O–H groups in total. The number of nitrogens with zero attached hydrogens (tertiary/aromatic N) is 3. The van der Waals surface area contributed by atoms with Gasteiger partial charge in [0.25, 0.3) is 5.56 Å². The zero-order chi connectivity index (χ0) is 23.9. The van der Waals surface area contributed by atoms with Crippen LogP contribution in [0.5, 0.6) is 5.75 Å². The van der Waals surface area contributed by atoms with Crippen LogP contribution >= 0.6 is 23.2 Å². The highest BCUT2D eigenvalue weighted by Crippen LogP contribution is 2.27. The Morgan fingerprint density at radius 3 is 2.30 bits per heavy atom. The minimum atomic E-state index is -0.197. The molecule has 2 aromatic carbocycles. The molecule has 0 fully saturated rings. The second kappa shape index (κ2) is 8.96. The number of Topliss-reactive ketones (excluding diaryl/α,β-unsaturated/α-hetero) is 1. The van der Waals surface area contributed by atoms with Crippen molar-refractivity contribution in [2.75, 3.05) is 6.61 Å². The van der Waals surface area contributed by atoms with Crippen LogP contribution in [0.1, 0.15) is 27.4 Å². The van der Waals surface area contributed by atoms with Crippen LogP contribution < -0.4 is 10.3 Å². The second-order valence-electron chi connectivity index (χ2n) is 7.82. The molecule has 0 unspecified atom stereocenters. The fourth-order valence-corrected chi connectivity index (χ4v) is 4.28. The van der Waals surface area contributed by atoms with Gasteiger partial charge in [-0.1, -0.05) is 41.4 Å². The molecule has 0 radical (unpaired) electrons. The van der Waals surface area contributed by atoms with E-state index in [1.807, 2.05) is 67.4 Å². The zero-order valence-electron chi connectivity index (χ0n) is 18.7. The van der Waals surface area contributed by atoms with Gasteiger partial charge in [0, 0.05) is 30.1 Å². The highest BCUT2D eigenvalue weighted by atomic mass is 35.5. The Balaban J connectivity index is 1.69. The Hall–Kier alpha value is -3.22. The number of halogens is 2. The van der Waals surface area contributed by atoms with E-state index in [0.717, 1.165) is 17.1 Å². The Bertz CT molecular complexity index is 1420. The van der Waals surface area contributed by atoms with Crippen molar-refractivity contribution in [1.82, 2.24) is 13.9 Å². The van der Waals surface area contributed by atoms with Gasteiger partial charge in [-0.2, -0.15) is 0 Å². The monoisotopic (exact) mass is 483 g/mol. The van der Waals surface area contributed by atoms with Crippen LogP contribution in [0.4, 0.5) is 0 Å². The maximum absolute atomic E-state index is 13.5. The van der Waals surface area contributed by atoms with Gasteiger partial charge in [0.1, 0.15) is 11.4 Å². The second-order valence-corrected chi connectivity index (χ2v) is 8.63. The smallest absolute Gasteiger partial charge is 0.295 e. The lowest BCUT2D eigenvalue weighted by molar-refractivity contribution is 0.0921. The third kappa shape index (κ3) is 4.12. The van der Waals surface area contributed by atoms with E-state index in [4.69, 9.17) is 27.9 Å². The summed E-state index contributed by atoms with van der Waals surface area (Å²) in [6, 6.07) is 16.1. The molecule has 2 aromatic heterocycles. The molecule has 4 rings (SSSR count). The molecule has 0 atom stereocenters. The number of benzene rings is 2. The number of rotatable bonds is 6. The summed E-state index contributed by atoms with van der Waals surface area (Å²) in [5.74, 6) is 0.258. The van der Waals surface area contributed by atoms with Gasteiger partial charge in [0.2, 0.25) is 5.78 Å². The maximum Gasteiger partial charge on any atom is 0.295 e. The Morgan fingerprint density at radius 1 is 0.939 bits per heavy atom. The van der Waals surface area contributed by atoms with Crippen molar-refractivity contribution < 1.29 is 9.53 Å². The highest BCUT2D eigenvalue weighted by molar-refractivity contribution is 6.42. The van der Waals surface area contributed by atoms with Gasteiger partial charge in [0.15, 0.2) is 6.61 Å². The summed E-state index contributed by atoms with van der Waals surface area (Å²) in [6.45, 7) is 5.44. The number of ether oxygens (including phenoxy) is 1. The van der Waals surface area contributed by atoms with Crippen molar-refractivity contribution in [3.63, 3.8) is 0 Å². The largest absolute Gasteiger partial charge is 0.485 e. The van der Waals surface area contributed by atoms with Gasteiger partial charge in [-0.3, -0.25) is 14.3 Å². The van der Waals surface area contributed by atoms with Crippen molar-refractivity contribution in [2.45, 2.75) is 20.8 Å². The molecule has 0 aliphatic carbocycles. The third-order valence-corrected chi connectivity index (χ3v) is 6.48. The fourth-order valence-electron chi connectivity index (χ4n) is 3.99. The normalized spacial score (nSPS) is 11.1. The number of ketones is 1.